The van der Waals surface area contributed by atoms with Crippen molar-refractivity contribution >= 4 is 22.6 Å². The second-order valence-electron chi connectivity index (χ2n) is 7.73. The maximum absolute atomic E-state index is 12.5. The van der Waals surface area contributed by atoms with Crippen molar-refractivity contribution in [2.75, 3.05) is 26.7 Å². The van der Waals surface area contributed by atoms with Gasteiger partial charge in [0.05, 0.1) is 24.3 Å². The van der Waals surface area contributed by atoms with Crippen LogP contribution in [-0.2, 0) is 13.1 Å². The number of fused-ring (bicyclic) bond motifs is 1. The van der Waals surface area contributed by atoms with Crippen LogP contribution in [0.4, 0.5) is 0 Å². The first-order chi connectivity index (χ1) is 14.6. The molecule has 1 aliphatic heterocycles. The van der Waals surface area contributed by atoms with Crippen molar-refractivity contribution in [2.24, 2.45) is 0 Å². The first kappa shape index (κ1) is 20.8. The molecule has 0 saturated carbocycles. The molecule has 1 fully saturated rings. The monoisotopic (exact) mass is 426 g/mol. The van der Waals surface area contributed by atoms with Crippen LogP contribution in [0, 0.1) is 0 Å². The molecule has 1 aliphatic rings. The number of ether oxygens (including phenoxy) is 1. The fourth-order valence-electron chi connectivity index (χ4n) is 4.00. The second-order valence-corrected chi connectivity index (χ2v) is 8.17. The number of likely N-dealkylation sites (tertiary alicyclic amines) is 1. The Morgan fingerprint density at radius 3 is 2.77 bits per heavy atom. The number of hydrogen-bond donors (Lipinski definition) is 1. The number of halogens is 1. The summed E-state index contributed by atoms with van der Waals surface area (Å²) in [6.45, 7) is 4.37. The number of aromatic nitrogens is 2. The number of rotatable bonds is 7. The van der Waals surface area contributed by atoms with Crippen LogP contribution >= 0.6 is 11.6 Å². The summed E-state index contributed by atoms with van der Waals surface area (Å²) in [6.07, 6.45) is 3.87. The molecule has 158 valence electrons. The number of methoxy groups -OCH3 is 1. The van der Waals surface area contributed by atoms with E-state index >= 15 is 0 Å². The molecule has 0 amide bonds. The van der Waals surface area contributed by atoms with Crippen LogP contribution in [0.15, 0.2) is 53.5 Å². The summed E-state index contributed by atoms with van der Waals surface area (Å²) < 4.78 is 7.08. The first-order valence-corrected chi connectivity index (χ1v) is 10.7. The normalized spacial score (nSPS) is 15.5. The van der Waals surface area contributed by atoms with Crippen LogP contribution in [0.5, 0.6) is 5.75 Å². The predicted molar refractivity (Wildman–Crippen MR) is 120 cm³/mol. The van der Waals surface area contributed by atoms with E-state index in [0.717, 1.165) is 55.1 Å². The van der Waals surface area contributed by atoms with Crippen LogP contribution in [0.1, 0.15) is 18.4 Å². The summed E-state index contributed by atoms with van der Waals surface area (Å²) >= 11 is 6.07. The number of pyridine rings is 2. The molecule has 1 N–H and O–H groups in total. The summed E-state index contributed by atoms with van der Waals surface area (Å²) in [5.41, 5.74) is 2.83. The molecule has 7 heteroatoms. The topological polar surface area (TPSA) is 59.4 Å². The van der Waals surface area contributed by atoms with Crippen LogP contribution in [0.2, 0.25) is 5.02 Å². The number of nitrogens with zero attached hydrogens (tertiary/aromatic N) is 3. The molecule has 0 aliphatic carbocycles. The van der Waals surface area contributed by atoms with Gasteiger partial charge in [0.25, 0.3) is 5.56 Å². The fourth-order valence-corrected chi connectivity index (χ4v) is 4.22. The molecule has 0 atom stereocenters. The lowest BCUT2D eigenvalue weighted by Gasteiger charge is -2.32. The van der Waals surface area contributed by atoms with Crippen molar-refractivity contribution in [1.29, 1.82) is 0 Å². The smallest absolute Gasteiger partial charge is 0.251 e. The van der Waals surface area contributed by atoms with Gasteiger partial charge in [0.15, 0.2) is 0 Å². The van der Waals surface area contributed by atoms with Gasteiger partial charge < -0.3 is 19.5 Å². The number of benzene rings is 1. The van der Waals surface area contributed by atoms with E-state index < -0.39 is 0 Å². The van der Waals surface area contributed by atoms with Crippen molar-refractivity contribution in [1.82, 2.24) is 19.8 Å². The Kier molecular flexibility index (Phi) is 6.67. The Morgan fingerprint density at radius 2 is 2.00 bits per heavy atom. The van der Waals surface area contributed by atoms with Gasteiger partial charge in [0.2, 0.25) is 0 Å². The number of piperidine rings is 1. The summed E-state index contributed by atoms with van der Waals surface area (Å²) in [4.78, 5) is 19.3. The third-order valence-electron chi connectivity index (χ3n) is 5.76. The van der Waals surface area contributed by atoms with E-state index in [2.05, 4.69) is 21.3 Å². The Morgan fingerprint density at radius 1 is 1.17 bits per heavy atom. The second kappa shape index (κ2) is 9.60. The Balaban J connectivity index is 1.32. The number of hydrogen-bond acceptors (Lipinski definition) is 5. The van der Waals surface area contributed by atoms with Gasteiger partial charge in [-0.15, -0.1) is 0 Å². The molecule has 30 heavy (non-hydrogen) atoms. The Hall–Kier alpha value is -2.41. The van der Waals surface area contributed by atoms with Crippen molar-refractivity contribution in [3.05, 3.63) is 69.6 Å². The third kappa shape index (κ3) is 5.01. The van der Waals surface area contributed by atoms with E-state index in [1.807, 2.05) is 24.3 Å². The maximum atomic E-state index is 12.5. The average molecular weight is 427 g/mol. The highest BCUT2D eigenvalue weighted by Gasteiger charge is 2.19. The molecule has 1 aromatic carbocycles. The minimum absolute atomic E-state index is 0.00405. The van der Waals surface area contributed by atoms with Gasteiger partial charge in [-0.1, -0.05) is 23.7 Å². The van der Waals surface area contributed by atoms with Gasteiger partial charge in [0, 0.05) is 42.8 Å². The van der Waals surface area contributed by atoms with Crippen LogP contribution in [0.3, 0.4) is 0 Å². The molecule has 3 heterocycles. The van der Waals surface area contributed by atoms with E-state index in [0.29, 0.717) is 18.3 Å². The lowest BCUT2D eigenvalue weighted by Crippen LogP contribution is -2.43. The van der Waals surface area contributed by atoms with E-state index in [4.69, 9.17) is 16.3 Å². The summed E-state index contributed by atoms with van der Waals surface area (Å²) in [7, 11) is 1.61. The van der Waals surface area contributed by atoms with Crippen LogP contribution < -0.4 is 15.6 Å². The average Bonchev–Trinajstić information content (AvgIpc) is 2.77. The van der Waals surface area contributed by atoms with E-state index in [9.17, 15) is 4.79 Å². The van der Waals surface area contributed by atoms with Gasteiger partial charge in [-0.3, -0.25) is 9.78 Å². The van der Waals surface area contributed by atoms with Crippen molar-refractivity contribution in [3.63, 3.8) is 0 Å². The zero-order valence-electron chi connectivity index (χ0n) is 17.2. The summed E-state index contributed by atoms with van der Waals surface area (Å²) in [6, 6.07) is 13.7. The maximum Gasteiger partial charge on any atom is 0.251 e. The molecule has 1 saturated heterocycles. The summed E-state index contributed by atoms with van der Waals surface area (Å²) in [5.74, 6) is 0.661. The van der Waals surface area contributed by atoms with Crippen molar-refractivity contribution in [3.8, 4) is 5.75 Å². The lowest BCUT2D eigenvalue weighted by atomic mass is 10.0. The lowest BCUT2D eigenvalue weighted by molar-refractivity contribution is 0.191. The molecule has 6 nitrogen and oxygen atoms in total. The highest BCUT2D eigenvalue weighted by atomic mass is 35.5. The Labute approximate surface area is 181 Å². The molecule has 4 rings (SSSR count). The van der Waals surface area contributed by atoms with Gasteiger partial charge in [-0.05, 0) is 49.7 Å². The number of nitrogens with one attached hydrogen (secondary N) is 1. The van der Waals surface area contributed by atoms with E-state index in [1.165, 1.54) is 5.56 Å². The first-order valence-electron chi connectivity index (χ1n) is 10.4. The van der Waals surface area contributed by atoms with Gasteiger partial charge in [-0.2, -0.15) is 0 Å². The molecular weight excluding hydrogens is 400 g/mol. The molecule has 0 radical (unpaired) electrons. The SMILES string of the molecule is COc1cnc2ccc(=O)n(CCN3CCC(NCc4cccc(Cl)c4)CC3)c2c1. The third-order valence-corrected chi connectivity index (χ3v) is 5.99. The minimum Gasteiger partial charge on any atom is -0.495 e. The van der Waals surface area contributed by atoms with Crippen molar-refractivity contribution in [2.45, 2.75) is 32.0 Å². The minimum atomic E-state index is -0.00405. The zero-order valence-corrected chi connectivity index (χ0v) is 17.9. The largest absolute Gasteiger partial charge is 0.495 e. The molecule has 3 aromatic rings. The van der Waals surface area contributed by atoms with Crippen molar-refractivity contribution < 1.29 is 4.74 Å². The highest BCUT2D eigenvalue weighted by Crippen LogP contribution is 2.17. The van der Waals surface area contributed by atoms with Gasteiger partial charge in [0.1, 0.15) is 5.75 Å². The molecule has 0 unspecified atom stereocenters. The van der Waals surface area contributed by atoms with E-state index in [1.54, 1.807) is 30.0 Å². The zero-order chi connectivity index (χ0) is 20.9. The highest BCUT2D eigenvalue weighted by molar-refractivity contribution is 6.30. The van der Waals surface area contributed by atoms with Gasteiger partial charge in [-0.25, -0.2) is 0 Å². The van der Waals surface area contributed by atoms with Crippen LogP contribution in [0.25, 0.3) is 11.0 Å². The fraction of sp³-hybridized carbons (Fsp3) is 0.391. The molecule has 2 aromatic heterocycles. The van der Waals surface area contributed by atoms with Crippen LogP contribution in [-0.4, -0.2) is 47.2 Å². The van der Waals surface area contributed by atoms with Gasteiger partial charge >= 0.3 is 0 Å². The molecule has 0 bridgehead atoms. The van der Waals surface area contributed by atoms with E-state index in [-0.39, 0.29) is 5.56 Å². The summed E-state index contributed by atoms with van der Waals surface area (Å²) in [5, 5.41) is 4.42. The molecule has 0 spiro atoms. The Bertz CT molecular complexity index is 1060. The molecular formula is C23H27ClN4O2. The standard InChI is InChI=1S/C23H27ClN4O2/c1-30-20-14-22-21(26-16-20)5-6-23(29)28(22)12-11-27-9-7-19(8-10-27)25-15-17-3-2-4-18(24)13-17/h2-6,13-14,16,19,25H,7-12,15H2,1H3. The predicted octanol–water partition coefficient (Wildman–Crippen LogP) is 3.31. The quantitative estimate of drug-likeness (QED) is 0.628.